The zero-order valence-corrected chi connectivity index (χ0v) is 16.2. The zero-order chi connectivity index (χ0) is 21.1. The van der Waals surface area contributed by atoms with Gasteiger partial charge in [0.1, 0.15) is 11.4 Å². The number of nitrogens with one attached hydrogen (secondary N) is 2. The number of carbonyl (C=O) groups is 2. The topological polar surface area (TPSA) is 112 Å². The van der Waals surface area contributed by atoms with Crippen LogP contribution >= 0.6 is 11.6 Å². The summed E-state index contributed by atoms with van der Waals surface area (Å²) in [6.45, 7) is 0. The maximum Gasteiger partial charge on any atom is 0.291 e. The molecule has 29 heavy (non-hydrogen) atoms. The minimum Gasteiger partial charge on any atom is -0.451 e. The van der Waals surface area contributed by atoms with Crippen LogP contribution in [-0.4, -0.2) is 29.7 Å². The lowest BCUT2D eigenvalue weighted by Gasteiger charge is -2.14. The molecule has 0 spiro atoms. The van der Waals surface area contributed by atoms with Gasteiger partial charge in [-0.05, 0) is 54.4 Å². The molecule has 1 aromatic heterocycles. The van der Waals surface area contributed by atoms with Crippen molar-refractivity contribution < 1.29 is 18.4 Å². The lowest BCUT2D eigenvalue weighted by atomic mass is 10.1. The first-order valence-corrected chi connectivity index (χ1v) is 9.02. The van der Waals surface area contributed by atoms with Crippen molar-refractivity contribution in [3.8, 4) is 0 Å². The van der Waals surface area contributed by atoms with Crippen LogP contribution < -0.4 is 11.1 Å². The molecule has 0 saturated carbocycles. The summed E-state index contributed by atoms with van der Waals surface area (Å²) in [5.41, 5.74) is 6.39. The maximum atomic E-state index is 14.1. The Morgan fingerprint density at radius 1 is 1.24 bits per heavy atom. The number of aryl methyl sites for hydroxylation is 1. The van der Waals surface area contributed by atoms with Gasteiger partial charge in [0, 0.05) is 29.6 Å². The van der Waals surface area contributed by atoms with Crippen LogP contribution in [0.4, 0.5) is 10.1 Å². The van der Waals surface area contributed by atoms with Crippen molar-refractivity contribution in [1.29, 1.82) is 5.41 Å². The molecule has 2 amide bonds. The van der Waals surface area contributed by atoms with Crippen LogP contribution in [-0.2, 0) is 11.2 Å². The van der Waals surface area contributed by atoms with Gasteiger partial charge in [0.25, 0.3) is 5.91 Å². The summed E-state index contributed by atoms with van der Waals surface area (Å²) in [4.78, 5) is 25.4. The number of fused-ring (bicyclic) bond motifs is 1. The Bertz CT molecular complexity index is 1110. The van der Waals surface area contributed by atoms with Crippen LogP contribution in [0.1, 0.15) is 22.5 Å². The highest BCUT2D eigenvalue weighted by Crippen LogP contribution is 2.24. The third kappa shape index (κ3) is 4.72. The summed E-state index contributed by atoms with van der Waals surface area (Å²) in [5, 5.41) is 11.1. The van der Waals surface area contributed by atoms with Crippen LogP contribution in [0.2, 0.25) is 5.02 Å². The summed E-state index contributed by atoms with van der Waals surface area (Å²) in [7, 11) is 1.37. The van der Waals surface area contributed by atoms with E-state index in [1.807, 2.05) is 0 Å². The normalized spacial score (nSPS) is 10.7. The molecule has 3 rings (SSSR count). The summed E-state index contributed by atoms with van der Waals surface area (Å²) in [5.74, 6) is -1.70. The summed E-state index contributed by atoms with van der Waals surface area (Å²) in [6.07, 6.45) is 0.0594. The molecule has 2 aromatic carbocycles. The van der Waals surface area contributed by atoms with Crippen LogP contribution in [0.5, 0.6) is 0 Å². The van der Waals surface area contributed by atoms with E-state index < -0.39 is 17.6 Å². The molecule has 0 fully saturated rings. The predicted molar refractivity (Wildman–Crippen MR) is 109 cm³/mol. The third-order valence-electron chi connectivity index (χ3n) is 4.35. The van der Waals surface area contributed by atoms with Crippen molar-refractivity contribution in [2.75, 3.05) is 12.4 Å². The van der Waals surface area contributed by atoms with E-state index in [0.717, 1.165) is 4.90 Å². The molecule has 0 aliphatic heterocycles. The van der Waals surface area contributed by atoms with E-state index in [1.165, 1.54) is 25.2 Å². The standard InChI is InChI=1S/C20H18ClFN4O3/c1-26(20(23)24)18(27)7-2-11-9-14(4-5-15(11)22)25-19(28)17-10-12-8-13(21)3-6-16(12)29-17/h3-6,8-10H,2,7H2,1H3,(H3,23,24)(H,25,28). The fourth-order valence-corrected chi connectivity index (χ4v) is 2.89. The van der Waals surface area contributed by atoms with E-state index in [4.69, 9.17) is 27.2 Å². The number of anilines is 1. The lowest BCUT2D eigenvalue weighted by Crippen LogP contribution is -2.38. The Hall–Kier alpha value is -3.39. The zero-order valence-electron chi connectivity index (χ0n) is 15.5. The summed E-state index contributed by atoms with van der Waals surface area (Å²) >= 11 is 5.93. The number of carbonyl (C=O) groups excluding carboxylic acids is 2. The molecule has 7 nitrogen and oxygen atoms in total. The Balaban J connectivity index is 1.72. The second-order valence-electron chi connectivity index (χ2n) is 6.39. The smallest absolute Gasteiger partial charge is 0.291 e. The van der Waals surface area contributed by atoms with E-state index in [0.29, 0.717) is 21.7 Å². The van der Waals surface area contributed by atoms with Crippen molar-refractivity contribution in [3.63, 3.8) is 0 Å². The highest BCUT2D eigenvalue weighted by Gasteiger charge is 2.15. The van der Waals surface area contributed by atoms with Crippen molar-refractivity contribution in [2.24, 2.45) is 5.73 Å². The van der Waals surface area contributed by atoms with Gasteiger partial charge in [0.05, 0.1) is 0 Å². The van der Waals surface area contributed by atoms with Crippen LogP contribution in [0, 0.1) is 11.2 Å². The minimum absolute atomic E-state index is 0.0330. The van der Waals surface area contributed by atoms with E-state index in [2.05, 4.69) is 5.32 Å². The number of guanidine groups is 1. The fourth-order valence-electron chi connectivity index (χ4n) is 2.71. The quantitative estimate of drug-likeness (QED) is 0.434. The number of halogens is 2. The Labute approximate surface area is 170 Å². The Morgan fingerprint density at radius 3 is 2.72 bits per heavy atom. The largest absolute Gasteiger partial charge is 0.451 e. The second-order valence-corrected chi connectivity index (χ2v) is 6.83. The van der Waals surface area contributed by atoms with Crippen LogP contribution in [0.3, 0.4) is 0 Å². The maximum absolute atomic E-state index is 14.1. The number of hydrogen-bond acceptors (Lipinski definition) is 4. The van der Waals surface area contributed by atoms with E-state index in [1.54, 1.807) is 24.3 Å². The monoisotopic (exact) mass is 416 g/mol. The van der Waals surface area contributed by atoms with Gasteiger partial charge in [-0.15, -0.1) is 0 Å². The van der Waals surface area contributed by atoms with Crippen LogP contribution in [0.25, 0.3) is 11.0 Å². The first-order valence-electron chi connectivity index (χ1n) is 8.64. The molecule has 0 aliphatic carbocycles. The van der Waals surface area contributed by atoms with Gasteiger partial charge in [-0.2, -0.15) is 0 Å². The molecule has 150 valence electrons. The Kier molecular flexibility index (Phi) is 5.84. The number of nitrogens with two attached hydrogens (primary N) is 1. The molecule has 0 radical (unpaired) electrons. The molecular weight excluding hydrogens is 399 g/mol. The summed E-state index contributed by atoms with van der Waals surface area (Å²) in [6, 6.07) is 10.7. The fraction of sp³-hybridized carbons (Fsp3) is 0.150. The average Bonchev–Trinajstić information content (AvgIpc) is 3.10. The molecule has 3 aromatic rings. The molecular formula is C20H18ClFN4O3. The van der Waals surface area contributed by atoms with Gasteiger partial charge in [0.2, 0.25) is 5.91 Å². The van der Waals surface area contributed by atoms with Crippen LogP contribution in [0.15, 0.2) is 46.9 Å². The molecule has 0 bridgehead atoms. The molecule has 0 saturated heterocycles. The number of rotatable bonds is 5. The predicted octanol–water partition coefficient (Wildman–Crippen LogP) is 3.76. The molecule has 4 N–H and O–H groups in total. The first kappa shape index (κ1) is 20.3. The average molecular weight is 417 g/mol. The van der Waals surface area contributed by atoms with Gasteiger partial charge < -0.3 is 15.5 Å². The molecule has 1 heterocycles. The number of hydrogen-bond donors (Lipinski definition) is 3. The number of furan rings is 1. The summed E-state index contributed by atoms with van der Waals surface area (Å²) < 4.78 is 19.6. The molecule has 9 heteroatoms. The SMILES string of the molecule is CN(C(=N)N)C(=O)CCc1cc(NC(=O)c2cc3cc(Cl)ccc3o2)ccc1F. The van der Waals surface area contributed by atoms with Gasteiger partial charge in [0.15, 0.2) is 11.7 Å². The molecule has 0 atom stereocenters. The number of nitrogens with zero attached hydrogens (tertiary/aromatic N) is 1. The minimum atomic E-state index is -0.500. The highest BCUT2D eigenvalue weighted by atomic mass is 35.5. The van der Waals surface area contributed by atoms with Crippen molar-refractivity contribution in [3.05, 3.63) is 64.6 Å². The number of benzene rings is 2. The second kappa shape index (κ2) is 8.32. The van der Waals surface area contributed by atoms with Gasteiger partial charge in [-0.1, -0.05) is 11.6 Å². The van der Waals surface area contributed by atoms with E-state index >= 15 is 0 Å². The number of amides is 2. The lowest BCUT2D eigenvalue weighted by molar-refractivity contribution is -0.126. The molecule has 0 unspecified atom stereocenters. The first-order chi connectivity index (χ1) is 13.7. The third-order valence-corrected chi connectivity index (χ3v) is 4.58. The van der Waals surface area contributed by atoms with Gasteiger partial charge in [-0.25, -0.2) is 4.39 Å². The van der Waals surface area contributed by atoms with E-state index in [-0.39, 0.29) is 30.1 Å². The highest BCUT2D eigenvalue weighted by molar-refractivity contribution is 6.31. The van der Waals surface area contributed by atoms with E-state index in [9.17, 15) is 14.0 Å². The van der Waals surface area contributed by atoms with Gasteiger partial charge in [-0.3, -0.25) is 19.9 Å². The Morgan fingerprint density at radius 2 is 2.00 bits per heavy atom. The van der Waals surface area contributed by atoms with Crippen molar-refractivity contribution >= 4 is 46.0 Å². The molecule has 0 aliphatic rings. The van der Waals surface area contributed by atoms with Gasteiger partial charge >= 0.3 is 0 Å². The van der Waals surface area contributed by atoms with Crippen molar-refractivity contribution in [1.82, 2.24) is 4.90 Å². The van der Waals surface area contributed by atoms with Crippen molar-refractivity contribution in [2.45, 2.75) is 12.8 Å².